The number of amides is 1. The number of carbonyl (C=O) groups excluding carboxylic acids is 1. The first kappa shape index (κ1) is 27.6. The first-order valence-corrected chi connectivity index (χ1v) is 14.0. The summed E-state index contributed by atoms with van der Waals surface area (Å²) in [7, 11) is 0. The van der Waals surface area contributed by atoms with Crippen LogP contribution >= 0.6 is 23.4 Å². The van der Waals surface area contributed by atoms with Crippen molar-refractivity contribution in [2.24, 2.45) is 5.92 Å². The summed E-state index contributed by atoms with van der Waals surface area (Å²) in [6.45, 7) is 2.82. The van der Waals surface area contributed by atoms with E-state index in [4.69, 9.17) is 26.3 Å². The lowest BCUT2D eigenvalue weighted by molar-refractivity contribution is -0.205. The number of ether oxygens (including phenoxy) is 2. The summed E-state index contributed by atoms with van der Waals surface area (Å²) in [6.07, 6.45) is -2.00. The number of aliphatic hydroxyl groups excluding tert-OH is 3. The topological polar surface area (TPSA) is 144 Å². The molecule has 1 aromatic carbocycles. The molecule has 5 N–H and O–H groups in total. The minimum Gasteiger partial charge on any atom is -0.388 e. The Bertz CT molecular complexity index is 945. The second-order valence-corrected chi connectivity index (χ2v) is 11.4. The molecule has 9 nitrogen and oxygen atoms in total. The van der Waals surface area contributed by atoms with Crippen LogP contribution in [0.15, 0.2) is 24.3 Å². The maximum atomic E-state index is 13.4. The number of nitriles is 1. The van der Waals surface area contributed by atoms with E-state index < -0.39 is 47.3 Å². The van der Waals surface area contributed by atoms with E-state index in [1.165, 1.54) is 11.8 Å². The number of nitrogens with one attached hydrogen (secondary N) is 2. The lowest BCUT2D eigenvalue weighted by atomic mass is 9.85. The zero-order valence-electron chi connectivity index (χ0n) is 20.3. The van der Waals surface area contributed by atoms with Gasteiger partial charge in [0.1, 0.15) is 35.9 Å². The molecular formula is C25H34ClN3O6S. The number of fused-ring (bicyclic) bond motifs is 1. The van der Waals surface area contributed by atoms with Crippen LogP contribution in [-0.4, -0.2) is 94.1 Å². The van der Waals surface area contributed by atoms with Crippen LogP contribution in [0.1, 0.15) is 36.8 Å². The van der Waals surface area contributed by atoms with Crippen LogP contribution in [-0.2, 0) is 14.3 Å². The van der Waals surface area contributed by atoms with Crippen LogP contribution in [0.5, 0.6) is 0 Å². The Balaban J connectivity index is 1.43. The van der Waals surface area contributed by atoms with E-state index in [0.717, 1.165) is 18.4 Å². The van der Waals surface area contributed by atoms with Crippen molar-refractivity contribution < 1.29 is 29.6 Å². The summed E-state index contributed by atoms with van der Waals surface area (Å²) < 4.78 is 12.0. The number of benzene rings is 1. The monoisotopic (exact) mass is 539 g/mol. The Morgan fingerprint density at radius 3 is 2.61 bits per heavy atom. The van der Waals surface area contributed by atoms with Crippen LogP contribution in [0, 0.1) is 17.2 Å². The summed E-state index contributed by atoms with van der Waals surface area (Å²) in [5, 5.41) is 45.8. The zero-order valence-corrected chi connectivity index (χ0v) is 21.9. The Kier molecular flexibility index (Phi) is 9.18. The summed E-state index contributed by atoms with van der Waals surface area (Å²) in [4.78, 5) is 13.4. The Hall–Kier alpha value is -1.42. The number of alkyl halides is 1. The van der Waals surface area contributed by atoms with Gasteiger partial charge in [-0.25, -0.2) is 0 Å². The van der Waals surface area contributed by atoms with Gasteiger partial charge in [-0.15, -0.1) is 23.4 Å². The largest absolute Gasteiger partial charge is 0.388 e. The fourth-order valence-electron chi connectivity index (χ4n) is 5.51. The van der Waals surface area contributed by atoms with Gasteiger partial charge in [0.2, 0.25) is 5.91 Å². The second-order valence-electron chi connectivity index (χ2n) is 9.82. The van der Waals surface area contributed by atoms with Gasteiger partial charge in [0, 0.05) is 19.1 Å². The molecule has 3 fully saturated rings. The van der Waals surface area contributed by atoms with Crippen molar-refractivity contribution in [2.75, 3.05) is 19.4 Å². The van der Waals surface area contributed by atoms with E-state index in [1.807, 2.05) is 24.3 Å². The molecule has 11 heteroatoms. The highest BCUT2D eigenvalue weighted by Crippen LogP contribution is 2.36. The summed E-state index contributed by atoms with van der Waals surface area (Å²) in [5.74, 6) is 0.0909. The predicted molar refractivity (Wildman–Crippen MR) is 136 cm³/mol. The van der Waals surface area contributed by atoms with Crippen molar-refractivity contribution in [1.82, 2.24) is 10.6 Å². The Morgan fingerprint density at radius 1 is 1.25 bits per heavy atom. The molecule has 11 atom stereocenters. The molecular weight excluding hydrogens is 506 g/mol. The Morgan fingerprint density at radius 2 is 1.97 bits per heavy atom. The van der Waals surface area contributed by atoms with E-state index in [1.54, 1.807) is 13.2 Å². The van der Waals surface area contributed by atoms with Crippen molar-refractivity contribution in [3.05, 3.63) is 35.4 Å². The van der Waals surface area contributed by atoms with Gasteiger partial charge in [0.25, 0.3) is 0 Å². The molecule has 5 unspecified atom stereocenters. The van der Waals surface area contributed by atoms with E-state index in [2.05, 4.69) is 16.7 Å². The second kappa shape index (κ2) is 12.0. The number of rotatable bonds is 6. The highest BCUT2D eigenvalue weighted by atomic mass is 35.5. The molecule has 3 saturated heterocycles. The van der Waals surface area contributed by atoms with E-state index in [-0.39, 0.29) is 23.8 Å². The number of halogens is 1. The minimum absolute atomic E-state index is 0.130. The third kappa shape index (κ3) is 5.69. The first-order valence-electron chi connectivity index (χ1n) is 12.3. The fraction of sp³-hybridized carbons (Fsp3) is 0.680. The highest BCUT2D eigenvalue weighted by molar-refractivity contribution is 7.99. The molecule has 0 bridgehead atoms. The summed E-state index contributed by atoms with van der Waals surface area (Å²) in [6, 6.07) is 8.38. The van der Waals surface area contributed by atoms with Crippen LogP contribution in [0.4, 0.5) is 0 Å². The molecule has 3 heterocycles. The molecule has 3 aliphatic rings. The predicted octanol–water partition coefficient (Wildman–Crippen LogP) is 0.692. The van der Waals surface area contributed by atoms with Crippen LogP contribution < -0.4 is 10.6 Å². The van der Waals surface area contributed by atoms with Crippen molar-refractivity contribution in [2.45, 2.75) is 79.1 Å². The van der Waals surface area contributed by atoms with Crippen molar-refractivity contribution >= 4 is 29.3 Å². The van der Waals surface area contributed by atoms with E-state index >= 15 is 0 Å². The van der Waals surface area contributed by atoms with Gasteiger partial charge in [0.05, 0.1) is 29.2 Å². The summed E-state index contributed by atoms with van der Waals surface area (Å²) >= 11 is 7.62. The van der Waals surface area contributed by atoms with E-state index in [9.17, 15) is 20.1 Å². The van der Waals surface area contributed by atoms with Crippen molar-refractivity contribution in [3.8, 4) is 6.07 Å². The molecule has 3 aliphatic heterocycles. The summed E-state index contributed by atoms with van der Waals surface area (Å²) in [5.41, 5.74) is 1.03. The van der Waals surface area contributed by atoms with Crippen LogP contribution in [0.25, 0.3) is 0 Å². The number of carbonyl (C=O) groups is 1. The fourth-order valence-corrected chi connectivity index (χ4v) is 6.40. The molecule has 1 amide bonds. The van der Waals surface area contributed by atoms with Crippen LogP contribution in [0.2, 0.25) is 0 Å². The van der Waals surface area contributed by atoms with Gasteiger partial charge in [-0.2, -0.15) is 5.26 Å². The highest BCUT2D eigenvalue weighted by Gasteiger charge is 2.49. The third-order valence-corrected chi connectivity index (χ3v) is 8.67. The molecule has 0 radical (unpaired) electrons. The van der Waals surface area contributed by atoms with Crippen molar-refractivity contribution in [1.29, 1.82) is 5.26 Å². The van der Waals surface area contributed by atoms with Gasteiger partial charge >= 0.3 is 0 Å². The molecule has 0 aliphatic carbocycles. The van der Waals surface area contributed by atoms with Gasteiger partial charge in [-0.05, 0) is 49.6 Å². The number of thioether (sulfide) groups is 1. The lowest BCUT2D eigenvalue weighted by Gasteiger charge is -2.44. The van der Waals surface area contributed by atoms with Crippen molar-refractivity contribution in [3.63, 3.8) is 0 Å². The average Bonchev–Trinajstić information content (AvgIpc) is 3.16. The lowest BCUT2D eigenvalue weighted by Crippen LogP contribution is -2.65. The maximum absolute atomic E-state index is 13.4. The SMILES string of the molecule is CSC1OC([C@H](NC(=O)[C@H]2NC[C@@H]3C[C@@H](c4ccc(C#N)cc4)CCO[C@H]32)[C@H](C)Cl)C(O)C(O)C1O. The smallest absolute Gasteiger partial charge is 0.240 e. The van der Waals surface area contributed by atoms with E-state index in [0.29, 0.717) is 18.7 Å². The number of nitrogens with zero attached hydrogens (tertiary/aromatic N) is 1. The normalized spacial score (nSPS) is 38.3. The third-order valence-electron chi connectivity index (χ3n) is 7.55. The van der Waals surface area contributed by atoms with Gasteiger partial charge in [0.15, 0.2) is 0 Å². The number of aliphatic hydroxyl groups is 3. The Labute approximate surface area is 220 Å². The molecule has 198 valence electrons. The number of hydrogen-bond acceptors (Lipinski definition) is 9. The average molecular weight is 540 g/mol. The van der Waals surface area contributed by atoms with Gasteiger partial charge in [-0.3, -0.25) is 4.79 Å². The molecule has 0 spiro atoms. The maximum Gasteiger partial charge on any atom is 0.240 e. The quantitative estimate of drug-likeness (QED) is 0.330. The van der Waals surface area contributed by atoms with Crippen LogP contribution in [0.3, 0.4) is 0 Å². The zero-order chi connectivity index (χ0) is 26.0. The number of hydrogen-bond donors (Lipinski definition) is 5. The molecule has 4 rings (SSSR count). The molecule has 36 heavy (non-hydrogen) atoms. The first-order chi connectivity index (χ1) is 17.2. The molecule has 0 aromatic heterocycles. The minimum atomic E-state index is -1.42. The molecule has 0 saturated carbocycles. The standard InChI is InChI=1S/C25H34ClN3O6S/c1-12(26)17(23-20(31)19(30)21(32)25(35-23)36-2)29-24(33)18-22-16(11-28-18)9-15(7-8-34-22)14-5-3-13(10-27)4-6-14/h3-6,12,15-23,25,28,30-32H,7-9,11H2,1-2H3,(H,29,33)/t12-,15-,16-,17+,18-,19?,20?,21?,22+,23?,25?/m0/s1. The van der Waals surface area contributed by atoms with Gasteiger partial charge in [-0.1, -0.05) is 12.1 Å². The van der Waals surface area contributed by atoms with Gasteiger partial charge < -0.3 is 35.4 Å². The molecule has 1 aromatic rings.